The summed E-state index contributed by atoms with van der Waals surface area (Å²) in [5.74, 6) is -1.05. The van der Waals surface area contributed by atoms with Gasteiger partial charge in [-0.1, -0.05) is 41.9 Å². The number of piperazine rings is 1. The first-order valence-corrected chi connectivity index (χ1v) is 12.0. The number of carbonyl (C=O) groups is 2. The fourth-order valence-electron chi connectivity index (χ4n) is 3.76. The predicted molar refractivity (Wildman–Crippen MR) is 121 cm³/mol. The van der Waals surface area contributed by atoms with Gasteiger partial charge in [0.1, 0.15) is 5.54 Å². The highest BCUT2D eigenvalue weighted by molar-refractivity contribution is 7.89. The molecule has 1 saturated heterocycles. The van der Waals surface area contributed by atoms with E-state index in [1.165, 1.54) is 11.8 Å². The first-order valence-electron chi connectivity index (χ1n) is 9.98. The molecule has 2 aromatic rings. The average Bonchev–Trinajstić information content (AvgIpc) is 2.73. The van der Waals surface area contributed by atoms with E-state index in [1.807, 2.05) is 30.3 Å². The van der Waals surface area contributed by atoms with E-state index in [4.69, 9.17) is 11.6 Å². The molecule has 7 nitrogen and oxygen atoms in total. The molecule has 166 valence electrons. The van der Waals surface area contributed by atoms with Crippen LogP contribution >= 0.6 is 11.6 Å². The second-order valence-electron chi connectivity index (χ2n) is 7.77. The summed E-state index contributed by atoms with van der Waals surface area (Å²) in [6.45, 7) is 4.71. The number of anilines is 1. The molecule has 1 N–H and O–H groups in total. The summed E-state index contributed by atoms with van der Waals surface area (Å²) in [6, 6.07) is 14.4. The molecule has 9 heteroatoms. The van der Waals surface area contributed by atoms with Gasteiger partial charge < -0.3 is 5.32 Å². The number of nitrogens with one attached hydrogen (secondary N) is 1. The van der Waals surface area contributed by atoms with Gasteiger partial charge in [0.25, 0.3) is 0 Å². The number of rotatable bonds is 6. The Morgan fingerprint density at radius 3 is 2.48 bits per heavy atom. The molecule has 2 amide bonds. The van der Waals surface area contributed by atoms with Crippen molar-refractivity contribution in [3.63, 3.8) is 0 Å². The highest BCUT2D eigenvalue weighted by atomic mass is 35.5. The molecule has 0 bridgehead atoms. The van der Waals surface area contributed by atoms with Crippen LogP contribution in [-0.2, 0) is 26.2 Å². The minimum absolute atomic E-state index is 0.141. The van der Waals surface area contributed by atoms with Crippen molar-refractivity contribution in [2.24, 2.45) is 0 Å². The van der Waals surface area contributed by atoms with Gasteiger partial charge in [0, 0.05) is 23.8 Å². The van der Waals surface area contributed by atoms with Crippen molar-refractivity contribution in [2.75, 3.05) is 23.7 Å². The summed E-state index contributed by atoms with van der Waals surface area (Å²) >= 11 is 6.07. The van der Waals surface area contributed by atoms with Crippen LogP contribution in [0.15, 0.2) is 48.5 Å². The first-order chi connectivity index (χ1) is 14.6. The summed E-state index contributed by atoms with van der Waals surface area (Å²) in [7, 11) is -3.66. The van der Waals surface area contributed by atoms with Crippen molar-refractivity contribution in [1.82, 2.24) is 9.62 Å². The zero-order valence-electron chi connectivity index (χ0n) is 17.8. The smallest absolute Gasteiger partial charge is 0.247 e. The van der Waals surface area contributed by atoms with Crippen molar-refractivity contribution in [2.45, 2.75) is 32.9 Å². The normalized spacial score (nSPS) is 20.0. The van der Waals surface area contributed by atoms with E-state index < -0.39 is 27.4 Å². The number of aryl methyl sites for hydroxylation is 1. The van der Waals surface area contributed by atoms with Crippen LogP contribution in [0.1, 0.15) is 25.0 Å². The van der Waals surface area contributed by atoms with Gasteiger partial charge in [-0.05, 0) is 50.1 Å². The highest BCUT2D eigenvalue weighted by Crippen LogP contribution is 2.34. The van der Waals surface area contributed by atoms with E-state index in [0.29, 0.717) is 10.7 Å². The molecular formula is C22H26ClN3O4S. The summed E-state index contributed by atoms with van der Waals surface area (Å²) in [5.41, 5.74) is 0.703. The van der Waals surface area contributed by atoms with Crippen LogP contribution in [0, 0.1) is 6.92 Å². The maximum absolute atomic E-state index is 13.4. The van der Waals surface area contributed by atoms with Crippen molar-refractivity contribution >= 4 is 39.1 Å². The number of sulfonamides is 1. The van der Waals surface area contributed by atoms with Gasteiger partial charge in [-0.2, -0.15) is 4.31 Å². The van der Waals surface area contributed by atoms with Gasteiger partial charge in [0.2, 0.25) is 21.8 Å². The average molecular weight is 464 g/mol. The zero-order chi connectivity index (χ0) is 22.8. The van der Waals surface area contributed by atoms with Crippen LogP contribution < -0.4 is 10.2 Å². The van der Waals surface area contributed by atoms with E-state index >= 15 is 0 Å². The van der Waals surface area contributed by atoms with Gasteiger partial charge in [0.15, 0.2) is 0 Å². The van der Waals surface area contributed by atoms with E-state index in [2.05, 4.69) is 5.32 Å². The summed E-state index contributed by atoms with van der Waals surface area (Å²) in [5, 5.41) is 3.38. The molecular weight excluding hydrogens is 438 g/mol. The second-order valence-corrected chi connectivity index (χ2v) is 10.5. The Morgan fingerprint density at radius 2 is 1.87 bits per heavy atom. The van der Waals surface area contributed by atoms with Crippen LogP contribution in [0.2, 0.25) is 5.02 Å². The molecule has 0 spiro atoms. The molecule has 0 aromatic heterocycles. The third-order valence-corrected chi connectivity index (χ3v) is 7.49. The SMILES string of the molecule is CCS(=O)(=O)N1CC(=O)N(c2ccc(Cl)cc2C)C(C)(C(=O)NCc2ccccc2)C1. The molecule has 31 heavy (non-hydrogen) atoms. The van der Waals surface area contributed by atoms with Gasteiger partial charge in [-0.3, -0.25) is 14.5 Å². The lowest BCUT2D eigenvalue weighted by molar-refractivity contribution is -0.133. The van der Waals surface area contributed by atoms with Crippen molar-refractivity contribution in [1.29, 1.82) is 0 Å². The number of halogens is 1. The zero-order valence-corrected chi connectivity index (χ0v) is 19.3. The molecule has 2 aromatic carbocycles. The van der Waals surface area contributed by atoms with Crippen molar-refractivity contribution in [3.8, 4) is 0 Å². The minimum atomic E-state index is -3.66. The molecule has 1 unspecified atom stereocenters. The molecule has 1 fully saturated rings. The Kier molecular flexibility index (Phi) is 6.73. The Bertz CT molecular complexity index is 1090. The van der Waals surface area contributed by atoms with Crippen LogP contribution in [0.25, 0.3) is 0 Å². The monoisotopic (exact) mass is 463 g/mol. The van der Waals surface area contributed by atoms with E-state index in [-0.39, 0.29) is 25.4 Å². The minimum Gasteiger partial charge on any atom is -0.350 e. The summed E-state index contributed by atoms with van der Waals surface area (Å²) < 4.78 is 26.2. The standard InChI is InChI=1S/C22H26ClN3O4S/c1-4-31(29,30)25-14-20(27)26(19-11-10-18(23)12-16(19)2)22(3,15-25)21(28)24-13-17-8-6-5-7-9-17/h5-12H,4,13-15H2,1-3H3,(H,24,28). The van der Waals surface area contributed by atoms with Gasteiger partial charge in [0.05, 0.1) is 12.3 Å². The number of hydrogen-bond acceptors (Lipinski definition) is 4. The van der Waals surface area contributed by atoms with E-state index in [1.54, 1.807) is 32.0 Å². The fraction of sp³-hybridized carbons (Fsp3) is 0.364. The third-order valence-electron chi connectivity index (χ3n) is 5.48. The van der Waals surface area contributed by atoms with Gasteiger partial charge in [-0.25, -0.2) is 8.42 Å². The van der Waals surface area contributed by atoms with E-state index in [0.717, 1.165) is 15.4 Å². The quantitative estimate of drug-likeness (QED) is 0.713. The maximum Gasteiger partial charge on any atom is 0.247 e. The number of nitrogens with zero attached hydrogens (tertiary/aromatic N) is 2. The summed E-state index contributed by atoms with van der Waals surface area (Å²) in [4.78, 5) is 28.0. The second kappa shape index (κ2) is 8.98. The Labute approximate surface area is 188 Å². The Balaban J connectivity index is 2.01. The molecule has 0 radical (unpaired) electrons. The lowest BCUT2D eigenvalue weighted by Crippen LogP contribution is -2.70. The molecule has 1 aliphatic heterocycles. The van der Waals surface area contributed by atoms with Gasteiger partial charge >= 0.3 is 0 Å². The molecule has 3 rings (SSSR count). The molecule has 1 aliphatic rings. The maximum atomic E-state index is 13.4. The number of hydrogen-bond donors (Lipinski definition) is 1. The Morgan fingerprint density at radius 1 is 1.19 bits per heavy atom. The summed E-state index contributed by atoms with van der Waals surface area (Å²) in [6.07, 6.45) is 0. The van der Waals surface area contributed by atoms with E-state index in [9.17, 15) is 18.0 Å². The molecule has 0 aliphatic carbocycles. The van der Waals surface area contributed by atoms with Crippen molar-refractivity contribution < 1.29 is 18.0 Å². The predicted octanol–water partition coefficient (Wildman–Crippen LogP) is 2.72. The lowest BCUT2D eigenvalue weighted by Gasteiger charge is -2.47. The third kappa shape index (κ3) is 4.76. The van der Waals surface area contributed by atoms with Gasteiger partial charge in [-0.15, -0.1) is 0 Å². The number of carbonyl (C=O) groups excluding carboxylic acids is 2. The number of benzene rings is 2. The lowest BCUT2D eigenvalue weighted by atomic mass is 9.93. The molecule has 1 atom stereocenters. The molecule has 0 saturated carbocycles. The first kappa shape index (κ1) is 23.2. The van der Waals surface area contributed by atoms with Crippen molar-refractivity contribution in [3.05, 3.63) is 64.7 Å². The molecule has 1 heterocycles. The van der Waals surface area contributed by atoms with Crippen LogP contribution in [-0.4, -0.2) is 48.9 Å². The Hall–Kier alpha value is -2.42. The fourth-order valence-corrected chi connectivity index (χ4v) is 5.11. The van der Waals surface area contributed by atoms with Crippen LogP contribution in [0.4, 0.5) is 5.69 Å². The topological polar surface area (TPSA) is 86.8 Å². The van der Waals surface area contributed by atoms with Crippen LogP contribution in [0.5, 0.6) is 0 Å². The largest absolute Gasteiger partial charge is 0.350 e. The highest BCUT2D eigenvalue weighted by Gasteiger charge is 2.50. The van der Waals surface area contributed by atoms with Crippen LogP contribution in [0.3, 0.4) is 0 Å². The number of amides is 2.